The summed E-state index contributed by atoms with van der Waals surface area (Å²) >= 11 is 1.25. The molecular formula is C15H16N2O3S. The minimum absolute atomic E-state index is 0.198. The summed E-state index contributed by atoms with van der Waals surface area (Å²) in [7, 11) is 0. The van der Waals surface area contributed by atoms with Crippen LogP contribution in [0, 0.1) is 0 Å². The number of aryl methyl sites for hydroxylation is 1. The lowest BCUT2D eigenvalue weighted by Crippen LogP contribution is -2.22. The molecule has 0 bridgehead atoms. The van der Waals surface area contributed by atoms with Gasteiger partial charge in [0, 0.05) is 13.8 Å². The molecule has 0 aliphatic heterocycles. The first-order valence-electron chi connectivity index (χ1n) is 6.55. The van der Waals surface area contributed by atoms with Crippen molar-refractivity contribution in [3.63, 3.8) is 0 Å². The number of benzene rings is 1. The van der Waals surface area contributed by atoms with Gasteiger partial charge in [0.25, 0.3) is 0 Å². The Labute approximate surface area is 126 Å². The van der Waals surface area contributed by atoms with Crippen LogP contribution in [-0.4, -0.2) is 16.4 Å². The number of esters is 1. The van der Waals surface area contributed by atoms with Crippen molar-refractivity contribution < 1.29 is 14.3 Å². The molecule has 0 aliphatic rings. The Balaban J connectivity index is 2.46. The molecule has 0 aliphatic carbocycles. The van der Waals surface area contributed by atoms with Crippen LogP contribution in [0.15, 0.2) is 34.6 Å². The largest absolute Gasteiger partial charge is 0.408 e. The van der Waals surface area contributed by atoms with E-state index in [2.05, 4.69) is 11.9 Å². The molecule has 0 atom stereocenters. The van der Waals surface area contributed by atoms with E-state index in [1.807, 2.05) is 24.3 Å². The smallest absolute Gasteiger partial charge is 0.309 e. The van der Waals surface area contributed by atoms with E-state index in [1.54, 1.807) is 5.38 Å². The topological polar surface area (TPSA) is 60.7 Å². The van der Waals surface area contributed by atoms with Gasteiger partial charge in [-0.1, -0.05) is 19.1 Å². The van der Waals surface area contributed by atoms with Crippen molar-refractivity contribution in [1.29, 1.82) is 0 Å². The van der Waals surface area contributed by atoms with Crippen LogP contribution < -0.4 is 9.54 Å². The van der Waals surface area contributed by atoms with Gasteiger partial charge in [0.2, 0.25) is 11.8 Å². The third-order valence-electron chi connectivity index (χ3n) is 2.81. The van der Waals surface area contributed by atoms with Crippen molar-refractivity contribution in [2.24, 2.45) is 4.99 Å². The van der Waals surface area contributed by atoms with Crippen molar-refractivity contribution in [3.8, 4) is 5.88 Å². The Morgan fingerprint density at radius 2 is 1.90 bits per heavy atom. The first-order chi connectivity index (χ1) is 10.0. The van der Waals surface area contributed by atoms with E-state index in [-0.39, 0.29) is 11.8 Å². The van der Waals surface area contributed by atoms with Gasteiger partial charge in [-0.25, -0.2) is 9.56 Å². The Kier molecular flexibility index (Phi) is 4.70. The van der Waals surface area contributed by atoms with Gasteiger partial charge < -0.3 is 4.74 Å². The van der Waals surface area contributed by atoms with Gasteiger partial charge in [-0.15, -0.1) is 11.3 Å². The number of hydrogen-bond acceptors (Lipinski definition) is 5. The van der Waals surface area contributed by atoms with Gasteiger partial charge in [0.15, 0.2) is 4.80 Å². The Morgan fingerprint density at radius 3 is 2.43 bits per heavy atom. The highest BCUT2D eigenvalue weighted by atomic mass is 32.1. The van der Waals surface area contributed by atoms with E-state index in [1.165, 1.54) is 35.3 Å². The summed E-state index contributed by atoms with van der Waals surface area (Å²) in [5, 5.41) is 1.60. The van der Waals surface area contributed by atoms with Crippen molar-refractivity contribution >= 4 is 28.9 Å². The molecule has 2 aromatic rings. The molecule has 0 amide bonds. The number of nitrogens with zero attached hydrogens (tertiary/aromatic N) is 2. The maximum atomic E-state index is 11.7. The van der Waals surface area contributed by atoms with Crippen LogP contribution in [-0.2, 0) is 11.2 Å². The normalized spacial score (nSPS) is 11.5. The summed E-state index contributed by atoms with van der Waals surface area (Å²) in [5.41, 5.74) is 1.97. The minimum atomic E-state index is -0.471. The molecule has 0 fully saturated rings. The van der Waals surface area contributed by atoms with Crippen LogP contribution in [0.3, 0.4) is 0 Å². The van der Waals surface area contributed by atoms with Crippen LogP contribution in [0.5, 0.6) is 5.88 Å². The summed E-state index contributed by atoms with van der Waals surface area (Å²) in [6.07, 6.45) is 0.962. The number of rotatable bonds is 3. The fourth-order valence-electron chi connectivity index (χ4n) is 1.80. The summed E-state index contributed by atoms with van der Waals surface area (Å²) in [5.74, 6) is -0.526. The molecule has 110 valence electrons. The zero-order valence-corrected chi connectivity index (χ0v) is 12.9. The Bertz CT molecular complexity index is 726. The van der Waals surface area contributed by atoms with Gasteiger partial charge in [-0.3, -0.25) is 9.59 Å². The average Bonchev–Trinajstić information content (AvgIpc) is 2.81. The molecule has 5 nitrogen and oxygen atoms in total. The molecule has 0 spiro atoms. The summed E-state index contributed by atoms with van der Waals surface area (Å²) in [6.45, 7) is 4.78. The third kappa shape index (κ3) is 3.66. The van der Waals surface area contributed by atoms with E-state index in [0.29, 0.717) is 4.80 Å². The maximum Gasteiger partial charge on any atom is 0.309 e. The highest BCUT2D eigenvalue weighted by Crippen LogP contribution is 2.16. The molecule has 1 aromatic carbocycles. The zero-order chi connectivity index (χ0) is 15.4. The highest BCUT2D eigenvalue weighted by molar-refractivity contribution is 7.07. The van der Waals surface area contributed by atoms with Gasteiger partial charge >= 0.3 is 5.97 Å². The lowest BCUT2D eigenvalue weighted by atomic mass is 10.2. The molecule has 0 saturated heterocycles. The number of aromatic nitrogens is 1. The second-order valence-corrected chi connectivity index (χ2v) is 5.27. The van der Waals surface area contributed by atoms with Crippen LogP contribution in [0.25, 0.3) is 0 Å². The van der Waals surface area contributed by atoms with Gasteiger partial charge in [-0.05, 0) is 24.1 Å². The first kappa shape index (κ1) is 15.2. The van der Waals surface area contributed by atoms with Crippen molar-refractivity contribution in [3.05, 3.63) is 40.0 Å². The second-order valence-electron chi connectivity index (χ2n) is 4.44. The molecule has 0 N–H and O–H groups in total. The molecule has 0 saturated carbocycles. The van der Waals surface area contributed by atoms with E-state index in [4.69, 9.17) is 4.74 Å². The third-order valence-corrected chi connectivity index (χ3v) is 3.61. The van der Waals surface area contributed by atoms with Gasteiger partial charge in [0.05, 0.1) is 11.1 Å². The molecular weight excluding hydrogens is 288 g/mol. The fraction of sp³-hybridized carbons (Fsp3) is 0.267. The molecule has 0 radical (unpaired) electrons. The lowest BCUT2D eigenvalue weighted by Gasteiger charge is -2.03. The predicted octanol–water partition coefficient (Wildman–Crippen LogP) is 2.93. The molecule has 2 rings (SSSR count). The van der Waals surface area contributed by atoms with Gasteiger partial charge in [0.1, 0.15) is 0 Å². The summed E-state index contributed by atoms with van der Waals surface area (Å²) < 4.78 is 6.31. The van der Waals surface area contributed by atoms with Gasteiger partial charge in [-0.2, -0.15) is 0 Å². The standard InChI is InChI=1S/C15H16N2O3S/c1-4-12-5-7-13(8-6-12)16-15-17(10(2)18)14(9-21-15)20-11(3)19/h5-9H,4H2,1-3H3. The average molecular weight is 304 g/mol. The van der Waals surface area contributed by atoms with Crippen LogP contribution >= 0.6 is 11.3 Å². The summed E-state index contributed by atoms with van der Waals surface area (Å²) in [4.78, 5) is 27.7. The van der Waals surface area contributed by atoms with E-state index < -0.39 is 5.97 Å². The van der Waals surface area contributed by atoms with Crippen LogP contribution in [0.4, 0.5) is 5.69 Å². The van der Waals surface area contributed by atoms with Crippen LogP contribution in [0.2, 0.25) is 0 Å². The van der Waals surface area contributed by atoms with Crippen LogP contribution in [0.1, 0.15) is 31.1 Å². The van der Waals surface area contributed by atoms with E-state index >= 15 is 0 Å². The molecule has 0 unspecified atom stereocenters. The monoisotopic (exact) mass is 304 g/mol. The van der Waals surface area contributed by atoms with E-state index in [0.717, 1.165) is 12.1 Å². The number of thiazole rings is 1. The minimum Gasteiger partial charge on any atom is -0.408 e. The quantitative estimate of drug-likeness (QED) is 0.819. The number of hydrogen-bond donors (Lipinski definition) is 0. The molecule has 6 heteroatoms. The highest BCUT2D eigenvalue weighted by Gasteiger charge is 2.12. The molecule has 1 heterocycles. The SMILES string of the molecule is CCc1ccc(N=c2scc(OC(C)=O)n2C(C)=O)cc1. The first-order valence-corrected chi connectivity index (χ1v) is 7.42. The number of ether oxygens (including phenoxy) is 1. The zero-order valence-electron chi connectivity index (χ0n) is 12.1. The number of carbonyl (C=O) groups is 2. The van der Waals surface area contributed by atoms with Crippen molar-refractivity contribution in [1.82, 2.24) is 4.57 Å². The van der Waals surface area contributed by atoms with Crippen molar-refractivity contribution in [2.75, 3.05) is 0 Å². The van der Waals surface area contributed by atoms with E-state index in [9.17, 15) is 9.59 Å². The van der Waals surface area contributed by atoms with Crippen molar-refractivity contribution in [2.45, 2.75) is 27.2 Å². The molecule has 21 heavy (non-hydrogen) atoms. The molecule has 1 aromatic heterocycles. The number of carbonyl (C=O) groups excluding carboxylic acids is 2. The Morgan fingerprint density at radius 1 is 1.24 bits per heavy atom. The fourth-order valence-corrected chi connectivity index (χ4v) is 2.64. The predicted molar refractivity (Wildman–Crippen MR) is 81.0 cm³/mol. The summed E-state index contributed by atoms with van der Waals surface area (Å²) in [6, 6.07) is 7.79. The lowest BCUT2D eigenvalue weighted by molar-refractivity contribution is -0.132. The second kappa shape index (κ2) is 6.49. The Hall–Kier alpha value is -2.21. The maximum absolute atomic E-state index is 11.7.